The first-order valence-corrected chi connectivity index (χ1v) is 9.72. The Morgan fingerprint density at radius 3 is 2.03 bits per heavy atom. The average Bonchev–Trinajstić information content (AvgIpc) is 2.78. The molecule has 7 nitrogen and oxygen atoms in total. The molecule has 3 aromatic rings. The molecule has 0 aliphatic rings. The van der Waals surface area contributed by atoms with E-state index in [1.54, 1.807) is 85.8 Å². The molecule has 3 N–H and O–H groups in total. The quantitative estimate of drug-likeness (QED) is 0.528. The van der Waals surface area contributed by atoms with Crippen LogP contribution in [-0.4, -0.2) is 29.6 Å². The summed E-state index contributed by atoms with van der Waals surface area (Å²) in [7, 11) is 0. The summed E-state index contributed by atoms with van der Waals surface area (Å²) in [5.74, 6) is -1.27. The maximum atomic E-state index is 12.7. The third-order valence-corrected chi connectivity index (χ3v) is 4.46. The molecule has 0 aliphatic heterocycles. The maximum absolute atomic E-state index is 12.7. The van der Waals surface area contributed by atoms with Crippen LogP contribution in [0.4, 0.5) is 4.79 Å². The predicted molar refractivity (Wildman–Crippen MR) is 115 cm³/mol. The van der Waals surface area contributed by atoms with Gasteiger partial charge in [0, 0.05) is 12.1 Å². The monoisotopic (exact) mass is 418 g/mol. The molecule has 0 heterocycles. The van der Waals surface area contributed by atoms with Gasteiger partial charge in [-0.25, -0.2) is 9.59 Å². The second-order valence-electron chi connectivity index (χ2n) is 6.67. The van der Waals surface area contributed by atoms with E-state index < -0.39 is 24.0 Å². The van der Waals surface area contributed by atoms with Crippen LogP contribution in [0.5, 0.6) is 5.75 Å². The molecular weight excluding hydrogens is 396 g/mol. The Bertz CT molecular complexity index is 1050. The average molecular weight is 418 g/mol. The molecule has 0 spiro atoms. The highest BCUT2D eigenvalue weighted by Gasteiger charge is 2.27. The first-order chi connectivity index (χ1) is 15.0. The molecule has 0 saturated carbocycles. The summed E-state index contributed by atoms with van der Waals surface area (Å²) < 4.78 is 5.46. The van der Waals surface area contributed by atoms with E-state index in [-0.39, 0.29) is 11.3 Å². The Kier molecular flexibility index (Phi) is 7.01. The lowest BCUT2D eigenvalue weighted by Crippen LogP contribution is -2.42. The van der Waals surface area contributed by atoms with E-state index in [1.165, 1.54) is 0 Å². The number of aromatic hydroxyl groups is 1. The van der Waals surface area contributed by atoms with Crippen molar-refractivity contribution in [2.24, 2.45) is 0 Å². The Morgan fingerprint density at radius 1 is 0.871 bits per heavy atom. The van der Waals surface area contributed by atoms with Gasteiger partial charge in [0.2, 0.25) is 6.10 Å². The zero-order chi connectivity index (χ0) is 22.2. The van der Waals surface area contributed by atoms with Crippen LogP contribution in [0, 0.1) is 0 Å². The molecular formula is C24H22N2O5. The normalized spacial score (nSPS) is 11.3. The fourth-order valence-corrected chi connectivity index (χ4v) is 2.91. The van der Waals surface area contributed by atoms with E-state index in [1.807, 2.05) is 0 Å². The zero-order valence-electron chi connectivity index (χ0n) is 16.9. The van der Waals surface area contributed by atoms with Crippen molar-refractivity contribution in [1.82, 2.24) is 10.6 Å². The summed E-state index contributed by atoms with van der Waals surface area (Å²) in [5.41, 5.74) is 2.43. The molecule has 3 rings (SSSR count). The number of nitrogens with one attached hydrogen (secondary N) is 2. The van der Waals surface area contributed by atoms with Crippen molar-refractivity contribution in [3.63, 3.8) is 0 Å². The third-order valence-electron chi connectivity index (χ3n) is 4.46. The number of hydrogen-bond donors (Lipinski definition) is 3. The first-order valence-electron chi connectivity index (χ1n) is 9.72. The standard InChI is InChI=1S/C24H22N2O5/c1-2-25-24(30)26-22(28)21(18-6-4-3-5-7-18)31-23(29)19-10-8-16(9-11-19)17-12-14-20(27)15-13-17/h3-15,21,27H,2H2,1H3,(H2,25,26,28,30)/t21-/m1/s1. The van der Waals surface area contributed by atoms with Gasteiger partial charge in [-0.1, -0.05) is 54.6 Å². The lowest BCUT2D eigenvalue weighted by Gasteiger charge is -2.18. The fraction of sp³-hybridized carbons (Fsp3) is 0.125. The Morgan fingerprint density at radius 2 is 1.45 bits per heavy atom. The number of benzene rings is 3. The highest BCUT2D eigenvalue weighted by molar-refractivity contribution is 5.99. The smallest absolute Gasteiger partial charge is 0.339 e. The van der Waals surface area contributed by atoms with Crippen LogP contribution in [0.2, 0.25) is 0 Å². The van der Waals surface area contributed by atoms with E-state index in [0.29, 0.717) is 12.1 Å². The van der Waals surface area contributed by atoms with Gasteiger partial charge in [0.25, 0.3) is 5.91 Å². The number of phenolic OH excluding ortho intramolecular Hbond substituents is 1. The summed E-state index contributed by atoms with van der Waals surface area (Å²) in [6, 6.07) is 21.2. The third kappa shape index (κ3) is 5.70. The van der Waals surface area contributed by atoms with E-state index in [4.69, 9.17) is 4.74 Å². The molecule has 7 heteroatoms. The molecule has 158 valence electrons. The van der Waals surface area contributed by atoms with Crippen LogP contribution in [0.15, 0.2) is 78.9 Å². The van der Waals surface area contributed by atoms with Crippen molar-refractivity contribution in [3.05, 3.63) is 90.0 Å². The summed E-state index contributed by atoms with van der Waals surface area (Å²) in [6.45, 7) is 2.07. The number of imide groups is 1. The van der Waals surface area contributed by atoms with Gasteiger partial charge in [-0.05, 0) is 42.3 Å². The topological polar surface area (TPSA) is 105 Å². The summed E-state index contributed by atoms with van der Waals surface area (Å²) in [6.07, 6.45) is -1.28. The largest absolute Gasteiger partial charge is 0.508 e. The van der Waals surface area contributed by atoms with Gasteiger partial charge < -0.3 is 15.2 Å². The van der Waals surface area contributed by atoms with Crippen LogP contribution in [0.3, 0.4) is 0 Å². The maximum Gasteiger partial charge on any atom is 0.339 e. The van der Waals surface area contributed by atoms with E-state index >= 15 is 0 Å². The fourth-order valence-electron chi connectivity index (χ4n) is 2.91. The summed E-state index contributed by atoms with van der Waals surface area (Å²) in [4.78, 5) is 37.0. The molecule has 0 aromatic heterocycles. The van der Waals surface area contributed by atoms with Crippen molar-refractivity contribution in [1.29, 1.82) is 0 Å². The zero-order valence-corrected chi connectivity index (χ0v) is 16.9. The number of carbonyl (C=O) groups is 3. The molecule has 3 aromatic carbocycles. The van der Waals surface area contributed by atoms with Crippen LogP contribution >= 0.6 is 0 Å². The molecule has 0 saturated heterocycles. The van der Waals surface area contributed by atoms with Crippen molar-refractivity contribution in [2.45, 2.75) is 13.0 Å². The summed E-state index contributed by atoms with van der Waals surface area (Å²) in [5, 5.41) is 14.1. The predicted octanol–water partition coefficient (Wildman–Crippen LogP) is 3.80. The minimum Gasteiger partial charge on any atom is -0.508 e. The molecule has 0 fully saturated rings. The second kappa shape index (κ2) is 10.1. The minimum absolute atomic E-state index is 0.168. The Balaban J connectivity index is 1.77. The van der Waals surface area contributed by atoms with Gasteiger partial charge in [0.1, 0.15) is 5.75 Å². The van der Waals surface area contributed by atoms with Gasteiger partial charge in [0.05, 0.1) is 5.56 Å². The number of hydrogen-bond acceptors (Lipinski definition) is 5. The van der Waals surface area contributed by atoms with Crippen molar-refractivity contribution in [3.8, 4) is 16.9 Å². The highest BCUT2D eigenvalue weighted by atomic mass is 16.5. The van der Waals surface area contributed by atoms with Gasteiger partial charge in [-0.2, -0.15) is 0 Å². The molecule has 31 heavy (non-hydrogen) atoms. The Hall–Kier alpha value is -4.13. The molecule has 3 amide bonds. The number of esters is 1. The number of ether oxygens (including phenoxy) is 1. The molecule has 1 atom stereocenters. The van der Waals surface area contributed by atoms with Crippen molar-refractivity contribution >= 4 is 17.9 Å². The lowest BCUT2D eigenvalue weighted by atomic mass is 10.0. The second-order valence-corrected chi connectivity index (χ2v) is 6.67. The van der Waals surface area contributed by atoms with Crippen molar-refractivity contribution in [2.75, 3.05) is 6.54 Å². The van der Waals surface area contributed by atoms with E-state index in [2.05, 4.69) is 10.6 Å². The molecule has 0 unspecified atom stereocenters. The SMILES string of the molecule is CCNC(=O)NC(=O)[C@H](OC(=O)c1ccc(-c2ccc(O)cc2)cc1)c1ccccc1. The number of urea groups is 1. The molecule has 0 radical (unpaired) electrons. The van der Waals surface area contributed by atoms with Crippen LogP contribution in [0.25, 0.3) is 11.1 Å². The van der Waals surface area contributed by atoms with Crippen LogP contribution < -0.4 is 10.6 Å². The van der Waals surface area contributed by atoms with Crippen LogP contribution in [-0.2, 0) is 9.53 Å². The highest BCUT2D eigenvalue weighted by Crippen LogP contribution is 2.24. The lowest BCUT2D eigenvalue weighted by molar-refractivity contribution is -0.129. The molecule has 0 aliphatic carbocycles. The summed E-state index contributed by atoms with van der Waals surface area (Å²) >= 11 is 0. The number of amides is 3. The van der Waals surface area contributed by atoms with Gasteiger partial charge in [-0.15, -0.1) is 0 Å². The van der Waals surface area contributed by atoms with Crippen molar-refractivity contribution < 1.29 is 24.2 Å². The van der Waals surface area contributed by atoms with Gasteiger partial charge in [0.15, 0.2) is 0 Å². The van der Waals surface area contributed by atoms with E-state index in [0.717, 1.165) is 11.1 Å². The molecule has 0 bridgehead atoms. The van der Waals surface area contributed by atoms with E-state index in [9.17, 15) is 19.5 Å². The number of carbonyl (C=O) groups excluding carboxylic acids is 3. The minimum atomic E-state index is -1.28. The van der Waals surface area contributed by atoms with Gasteiger partial charge >= 0.3 is 12.0 Å². The number of rotatable bonds is 6. The first kappa shape index (κ1) is 21.6. The number of phenols is 1. The van der Waals surface area contributed by atoms with Gasteiger partial charge in [-0.3, -0.25) is 10.1 Å². The van der Waals surface area contributed by atoms with Crippen LogP contribution in [0.1, 0.15) is 28.9 Å². The Labute approximate surface area is 179 Å².